The van der Waals surface area contributed by atoms with Gasteiger partial charge in [-0.1, -0.05) is 27.7 Å². The quantitative estimate of drug-likeness (QED) is 0.579. The van der Waals surface area contributed by atoms with E-state index in [1.54, 1.807) is 0 Å². The van der Waals surface area contributed by atoms with Crippen molar-refractivity contribution in [2.75, 3.05) is 23.5 Å². The van der Waals surface area contributed by atoms with Gasteiger partial charge >= 0.3 is 0 Å². The number of thioether (sulfide) groups is 1. The van der Waals surface area contributed by atoms with Gasteiger partial charge in [0, 0.05) is 16.8 Å². The Balaban J connectivity index is 1.58. The molecule has 3 N–H and O–H groups in total. The number of carbonyl (C=O) groups is 1. The van der Waals surface area contributed by atoms with Gasteiger partial charge in [-0.15, -0.1) is 10.2 Å². The summed E-state index contributed by atoms with van der Waals surface area (Å²) < 4.78 is 7.96. The highest BCUT2D eigenvalue weighted by Crippen LogP contribution is 2.28. The molecule has 2 heterocycles. The molecule has 0 spiro atoms. The smallest absolute Gasteiger partial charge is 0.234 e. The molecular weight excluding hydrogens is 394 g/mol. The van der Waals surface area contributed by atoms with E-state index in [-0.39, 0.29) is 17.8 Å². The number of rotatable bonds is 5. The summed E-state index contributed by atoms with van der Waals surface area (Å²) in [5.74, 6) is 6.71. The standard InChI is InChI=1S/C15H18BrN5O2S/c1-9-7-10(16)4-5-11(9)18-13(22)8-24-15-20-19-14(21(15)17)12-3-2-6-23-12/h4-5,7,12H,2-3,6,8,17H2,1H3,(H,18,22)/t12-/m1/s1. The lowest BCUT2D eigenvalue weighted by atomic mass is 10.2. The number of nitrogens with zero attached hydrogens (tertiary/aromatic N) is 3. The lowest BCUT2D eigenvalue weighted by Crippen LogP contribution is -2.18. The molecule has 0 aliphatic carbocycles. The second-order valence-electron chi connectivity index (χ2n) is 5.51. The number of carbonyl (C=O) groups excluding carboxylic acids is 1. The van der Waals surface area contributed by atoms with Gasteiger partial charge in [0.15, 0.2) is 5.82 Å². The minimum absolute atomic E-state index is 0.101. The summed E-state index contributed by atoms with van der Waals surface area (Å²) >= 11 is 4.65. The minimum atomic E-state index is -0.118. The van der Waals surface area contributed by atoms with Crippen LogP contribution < -0.4 is 11.2 Å². The number of amides is 1. The number of nitrogen functional groups attached to an aromatic ring is 1. The first-order valence-electron chi connectivity index (χ1n) is 7.55. The van der Waals surface area contributed by atoms with E-state index < -0.39 is 0 Å². The zero-order valence-electron chi connectivity index (χ0n) is 13.2. The first-order valence-corrected chi connectivity index (χ1v) is 9.33. The lowest BCUT2D eigenvalue weighted by Gasteiger charge is -2.09. The summed E-state index contributed by atoms with van der Waals surface area (Å²) in [6.07, 6.45) is 1.79. The average molecular weight is 412 g/mol. The van der Waals surface area contributed by atoms with E-state index in [4.69, 9.17) is 10.6 Å². The molecule has 1 aliphatic heterocycles. The number of anilines is 1. The number of benzene rings is 1. The summed E-state index contributed by atoms with van der Waals surface area (Å²) in [4.78, 5) is 12.1. The van der Waals surface area contributed by atoms with Crippen LogP contribution in [0.25, 0.3) is 0 Å². The molecule has 128 valence electrons. The predicted octanol–water partition coefficient (Wildman–Crippen LogP) is 2.65. The van der Waals surface area contributed by atoms with Crippen molar-refractivity contribution in [3.63, 3.8) is 0 Å². The number of aromatic nitrogens is 3. The molecule has 0 unspecified atom stereocenters. The molecule has 9 heteroatoms. The first kappa shape index (κ1) is 17.2. The van der Waals surface area contributed by atoms with Gasteiger partial charge in [0.2, 0.25) is 11.1 Å². The van der Waals surface area contributed by atoms with Crippen LogP contribution in [-0.4, -0.2) is 33.1 Å². The van der Waals surface area contributed by atoms with Crippen LogP contribution in [0.4, 0.5) is 5.69 Å². The normalized spacial score (nSPS) is 17.2. The monoisotopic (exact) mass is 411 g/mol. The number of nitrogens with one attached hydrogen (secondary N) is 1. The Morgan fingerprint density at radius 3 is 3.08 bits per heavy atom. The van der Waals surface area contributed by atoms with Gasteiger partial charge in [0.1, 0.15) is 6.10 Å². The number of ether oxygens (including phenoxy) is 1. The molecule has 1 aromatic heterocycles. The van der Waals surface area contributed by atoms with Crippen molar-refractivity contribution >= 4 is 39.3 Å². The van der Waals surface area contributed by atoms with Crippen molar-refractivity contribution in [2.45, 2.75) is 31.0 Å². The highest BCUT2D eigenvalue weighted by atomic mass is 79.9. The highest BCUT2D eigenvalue weighted by molar-refractivity contribution is 9.10. The Bertz CT molecular complexity index is 745. The fraction of sp³-hybridized carbons (Fsp3) is 0.400. The van der Waals surface area contributed by atoms with Crippen molar-refractivity contribution in [1.82, 2.24) is 14.9 Å². The molecule has 1 fully saturated rings. The third-order valence-corrected chi connectivity index (χ3v) is 5.14. The van der Waals surface area contributed by atoms with Crippen LogP contribution in [0.1, 0.15) is 30.3 Å². The molecule has 2 aromatic rings. The van der Waals surface area contributed by atoms with Crippen molar-refractivity contribution < 1.29 is 9.53 Å². The summed E-state index contributed by atoms with van der Waals surface area (Å²) in [6.45, 7) is 2.66. The maximum absolute atomic E-state index is 12.1. The van der Waals surface area contributed by atoms with Crippen LogP contribution >= 0.6 is 27.7 Å². The summed E-state index contributed by atoms with van der Waals surface area (Å²) in [5, 5.41) is 11.5. The summed E-state index contributed by atoms with van der Waals surface area (Å²) in [5.41, 5.74) is 1.78. The largest absolute Gasteiger partial charge is 0.370 e. The fourth-order valence-corrected chi connectivity index (χ4v) is 3.61. The Morgan fingerprint density at radius 1 is 1.54 bits per heavy atom. The van der Waals surface area contributed by atoms with Crippen molar-refractivity contribution in [1.29, 1.82) is 0 Å². The van der Waals surface area contributed by atoms with E-state index in [1.165, 1.54) is 16.4 Å². The van der Waals surface area contributed by atoms with E-state index in [0.29, 0.717) is 11.0 Å². The second-order valence-corrected chi connectivity index (χ2v) is 7.37. The van der Waals surface area contributed by atoms with Gasteiger partial charge in [-0.25, -0.2) is 4.68 Å². The van der Waals surface area contributed by atoms with E-state index >= 15 is 0 Å². The van der Waals surface area contributed by atoms with Crippen LogP contribution in [-0.2, 0) is 9.53 Å². The number of aryl methyl sites for hydroxylation is 1. The lowest BCUT2D eigenvalue weighted by molar-refractivity contribution is -0.113. The van der Waals surface area contributed by atoms with Gasteiger partial charge in [0.25, 0.3) is 0 Å². The zero-order chi connectivity index (χ0) is 17.1. The van der Waals surface area contributed by atoms with Crippen molar-refractivity contribution in [3.8, 4) is 0 Å². The summed E-state index contributed by atoms with van der Waals surface area (Å²) in [6, 6.07) is 5.70. The predicted molar refractivity (Wildman–Crippen MR) is 96.3 cm³/mol. The number of halogens is 1. The number of nitrogens with two attached hydrogens (primary N) is 1. The maximum atomic E-state index is 12.1. The molecular formula is C15H18BrN5O2S. The SMILES string of the molecule is Cc1cc(Br)ccc1NC(=O)CSc1nnc([C@H]2CCCO2)n1N. The molecule has 0 radical (unpaired) electrons. The van der Waals surface area contributed by atoms with Gasteiger partial charge in [-0.05, 0) is 43.5 Å². The highest BCUT2D eigenvalue weighted by Gasteiger charge is 2.24. The molecule has 7 nitrogen and oxygen atoms in total. The van der Waals surface area contributed by atoms with Gasteiger partial charge in [-0.3, -0.25) is 4.79 Å². The number of hydrogen-bond donors (Lipinski definition) is 2. The average Bonchev–Trinajstić information content (AvgIpc) is 3.18. The first-order chi connectivity index (χ1) is 11.5. The molecule has 1 saturated heterocycles. The van der Waals surface area contributed by atoms with Gasteiger partial charge < -0.3 is 15.9 Å². The third-order valence-electron chi connectivity index (χ3n) is 3.70. The maximum Gasteiger partial charge on any atom is 0.234 e. The van der Waals surface area contributed by atoms with Crippen LogP contribution in [0.5, 0.6) is 0 Å². The second kappa shape index (κ2) is 7.54. The van der Waals surface area contributed by atoms with Crippen LogP contribution in [0.2, 0.25) is 0 Å². The fourth-order valence-electron chi connectivity index (χ4n) is 2.47. The van der Waals surface area contributed by atoms with E-state index in [2.05, 4.69) is 31.4 Å². The Hall–Kier alpha value is -1.58. The Labute approximate surface area is 152 Å². The third kappa shape index (κ3) is 3.90. The van der Waals surface area contributed by atoms with Crippen molar-refractivity contribution in [3.05, 3.63) is 34.1 Å². The van der Waals surface area contributed by atoms with Crippen LogP contribution in [0.15, 0.2) is 27.8 Å². The minimum Gasteiger partial charge on any atom is -0.370 e. The van der Waals surface area contributed by atoms with E-state index in [9.17, 15) is 4.79 Å². The topological polar surface area (TPSA) is 95.1 Å². The van der Waals surface area contributed by atoms with Gasteiger partial charge in [-0.2, -0.15) is 0 Å². The molecule has 1 amide bonds. The zero-order valence-corrected chi connectivity index (χ0v) is 15.6. The molecule has 1 aromatic carbocycles. The molecule has 1 aliphatic rings. The van der Waals surface area contributed by atoms with E-state index in [1.807, 2.05) is 25.1 Å². The number of hydrogen-bond acceptors (Lipinski definition) is 6. The Morgan fingerprint density at radius 2 is 2.38 bits per heavy atom. The molecule has 3 rings (SSSR count). The Kier molecular flexibility index (Phi) is 5.42. The van der Waals surface area contributed by atoms with Crippen molar-refractivity contribution in [2.24, 2.45) is 0 Å². The van der Waals surface area contributed by atoms with Crippen LogP contribution in [0, 0.1) is 6.92 Å². The van der Waals surface area contributed by atoms with E-state index in [0.717, 1.165) is 35.2 Å². The molecule has 0 bridgehead atoms. The summed E-state index contributed by atoms with van der Waals surface area (Å²) in [7, 11) is 0. The van der Waals surface area contributed by atoms with Gasteiger partial charge in [0.05, 0.1) is 5.75 Å². The molecule has 0 saturated carbocycles. The molecule has 24 heavy (non-hydrogen) atoms. The molecule has 1 atom stereocenters. The van der Waals surface area contributed by atoms with Crippen LogP contribution in [0.3, 0.4) is 0 Å².